The maximum absolute atomic E-state index is 12.3. The van der Waals surface area contributed by atoms with Crippen molar-refractivity contribution in [2.45, 2.75) is 32.8 Å². The molecule has 0 radical (unpaired) electrons. The van der Waals surface area contributed by atoms with Gasteiger partial charge in [-0.05, 0) is 60.4 Å². The Hall–Kier alpha value is -2.80. The maximum atomic E-state index is 12.3. The van der Waals surface area contributed by atoms with E-state index in [0.29, 0.717) is 17.2 Å². The first-order valence-corrected chi connectivity index (χ1v) is 11.7. The van der Waals surface area contributed by atoms with Crippen molar-refractivity contribution in [1.29, 1.82) is 0 Å². The molecule has 0 fully saturated rings. The summed E-state index contributed by atoms with van der Waals surface area (Å²) in [7, 11) is 0. The van der Waals surface area contributed by atoms with Crippen molar-refractivity contribution in [1.82, 2.24) is 9.97 Å². The minimum Gasteiger partial charge on any atom is -0.479 e. The number of fused-ring (bicyclic) bond motifs is 1. The molecule has 0 aliphatic carbocycles. The lowest BCUT2D eigenvalue weighted by molar-refractivity contribution is -0.151. The second-order valence-electron chi connectivity index (χ2n) is 7.57. The zero-order chi connectivity index (χ0) is 22.7. The van der Waals surface area contributed by atoms with Crippen molar-refractivity contribution < 1.29 is 14.6 Å². The fraction of sp³-hybridized carbons (Fsp3) is 0.240. The SMILES string of the molecule is CCCCOC(C(=O)O)c1c(C)cc2nc(-c3cscn3)ccc2c1-c1ccc(Cl)cc1. The molecule has 1 N–H and O–H groups in total. The number of nitrogens with zero attached hydrogens (tertiary/aromatic N) is 2. The van der Waals surface area contributed by atoms with E-state index < -0.39 is 12.1 Å². The van der Waals surface area contributed by atoms with Crippen LogP contribution in [-0.4, -0.2) is 27.7 Å². The summed E-state index contributed by atoms with van der Waals surface area (Å²) in [6.45, 7) is 4.33. The molecule has 4 rings (SSSR count). The van der Waals surface area contributed by atoms with Gasteiger partial charge in [-0.1, -0.05) is 37.1 Å². The monoisotopic (exact) mass is 466 g/mol. The van der Waals surface area contributed by atoms with Gasteiger partial charge in [-0.2, -0.15) is 0 Å². The maximum Gasteiger partial charge on any atom is 0.337 e. The van der Waals surface area contributed by atoms with Crippen LogP contribution in [0.1, 0.15) is 37.0 Å². The van der Waals surface area contributed by atoms with Crippen LogP contribution in [-0.2, 0) is 9.53 Å². The van der Waals surface area contributed by atoms with E-state index in [2.05, 4.69) is 4.98 Å². The molecule has 7 heteroatoms. The number of ether oxygens (including phenoxy) is 1. The van der Waals surface area contributed by atoms with Gasteiger partial charge in [-0.25, -0.2) is 14.8 Å². The Morgan fingerprint density at radius 3 is 2.62 bits per heavy atom. The quantitative estimate of drug-likeness (QED) is 0.285. The average molecular weight is 467 g/mol. The number of halogens is 1. The Labute approximate surface area is 195 Å². The van der Waals surface area contributed by atoms with E-state index in [1.165, 1.54) is 11.3 Å². The highest BCUT2D eigenvalue weighted by Gasteiger charge is 2.28. The van der Waals surface area contributed by atoms with E-state index in [0.717, 1.165) is 51.8 Å². The van der Waals surface area contributed by atoms with E-state index in [9.17, 15) is 9.90 Å². The van der Waals surface area contributed by atoms with Crippen LogP contribution in [0.15, 0.2) is 53.4 Å². The topological polar surface area (TPSA) is 72.3 Å². The molecule has 5 nitrogen and oxygen atoms in total. The summed E-state index contributed by atoms with van der Waals surface area (Å²) in [4.78, 5) is 21.5. The molecule has 0 amide bonds. The van der Waals surface area contributed by atoms with Crippen LogP contribution in [0.4, 0.5) is 0 Å². The fourth-order valence-electron chi connectivity index (χ4n) is 3.79. The van der Waals surface area contributed by atoms with E-state index in [4.69, 9.17) is 21.3 Å². The van der Waals surface area contributed by atoms with Crippen molar-refractivity contribution in [2.75, 3.05) is 6.61 Å². The first-order valence-electron chi connectivity index (χ1n) is 10.4. The number of pyridine rings is 1. The van der Waals surface area contributed by atoms with Crippen LogP contribution < -0.4 is 0 Å². The number of thiazole rings is 1. The number of unbranched alkanes of at least 4 members (excludes halogenated alkanes) is 1. The summed E-state index contributed by atoms with van der Waals surface area (Å²) in [5, 5.41) is 13.5. The first kappa shape index (κ1) is 22.4. The number of carboxylic acids is 1. The van der Waals surface area contributed by atoms with Crippen LogP contribution in [0.5, 0.6) is 0 Å². The molecule has 0 saturated carbocycles. The largest absolute Gasteiger partial charge is 0.479 e. The molecule has 2 aromatic heterocycles. The molecule has 32 heavy (non-hydrogen) atoms. The number of aromatic nitrogens is 2. The van der Waals surface area contributed by atoms with Crippen molar-refractivity contribution in [3.8, 4) is 22.5 Å². The van der Waals surface area contributed by atoms with Gasteiger partial charge in [0.1, 0.15) is 0 Å². The van der Waals surface area contributed by atoms with E-state index in [-0.39, 0.29) is 0 Å². The van der Waals surface area contributed by atoms with E-state index >= 15 is 0 Å². The lowest BCUT2D eigenvalue weighted by atomic mass is 9.88. The number of carbonyl (C=O) groups is 1. The molecule has 4 aromatic rings. The summed E-state index contributed by atoms with van der Waals surface area (Å²) in [5.74, 6) is -1.01. The second kappa shape index (κ2) is 9.77. The van der Waals surface area contributed by atoms with Gasteiger partial charge in [-0.3, -0.25) is 0 Å². The smallest absolute Gasteiger partial charge is 0.337 e. The summed E-state index contributed by atoms with van der Waals surface area (Å²) >= 11 is 7.64. The average Bonchev–Trinajstić information content (AvgIpc) is 3.31. The summed E-state index contributed by atoms with van der Waals surface area (Å²) < 4.78 is 5.87. The molecule has 0 saturated heterocycles. The highest BCUT2D eigenvalue weighted by molar-refractivity contribution is 7.07. The number of hydrogen-bond acceptors (Lipinski definition) is 5. The molecular weight excluding hydrogens is 444 g/mol. The third-order valence-electron chi connectivity index (χ3n) is 5.34. The minimum absolute atomic E-state index is 0.381. The lowest BCUT2D eigenvalue weighted by Crippen LogP contribution is -2.18. The van der Waals surface area contributed by atoms with Crippen molar-refractivity contribution in [3.63, 3.8) is 0 Å². The second-order valence-corrected chi connectivity index (χ2v) is 8.72. The molecule has 164 valence electrons. The van der Waals surface area contributed by atoms with Gasteiger partial charge in [0.15, 0.2) is 6.10 Å². The molecular formula is C25H23ClN2O3S. The third-order valence-corrected chi connectivity index (χ3v) is 6.18. The van der Waals surface area contributed by atoms with Crippen molar-refractivity contribution in [3.05, 3.63) is 69.5 Å². The Kier molecular flexibility index (Phi) is 6.84. The molecule has 0 aliphatic rings. The van der Waals surface area contributed by atoms with Gasteiger partial charge in [0.05, 0.1) is 22.4 Å². The lowest BCUT2D eigenvalue weighted by Gasteiger charge is -2.22. The predicted molar refractivity (Wildman–Crippen MR) is 129 cm³/mol. The molecule has 2 heterocycles. The van der Waals surface area contributed by atoms with E-state index in [1.807, 2.05) is 49.6 Å². The molecule has 1 atom stereocenters. The third kappa shape index (κ3) is 4.53. The standard InChI is InChI=1S/C25H23ClN2O3S/c1-3-4-11-31-24(25(29)30)22-15(2)12-20-18(23(22)16-5-7-17(26)8-6-16)9-10-19(28-20)21-13-32-14-27-21/h5-10,12-14,24H,3-4,11H2,1-2H3,(H,29,30). The Bertz CT molecular complexity index is 1240. The Morgan fingerprint density at radius 2 is 1.97 bits per heavy atom. The van der Waals surface area contributed by atoms with Gasteiger partial charge in [-0.15, -0.1) is 11.3 Å². The fourth-order valence-corrected chi connectivity index (χ4v) is 4.46. The van der Waals surface area contributed by atoms with Gasteiger partial charge in [0, 0.05) is 28.0 Å². The van der Waals surface area contributed by atoms with Crippen LogP contribution in [0, 0.1) is 6.92 Å². The van der Waals surface area contributed by atoms with Gasteiger partial charge in [0.2, 0.25) is 0 Å². The summed E-state index contributed by atoms with van der Waals surface area (Å²) in [6.07, 6.45) is 0.650. The molecule has 0 bridgehead atoms. The van der Waals surface area contributed by atoms with Crippen LogP contribution >= 0.6 is 22.9 Å². The Balaban J connectivity index is 1.96. The van der Waals surface area contributed by atoms with Gasteiger partial charge < -0.3 is 9.84 Å². The summed E-state index contributed by atoms with van der Waals surface area (Å²) in [6, 6.07) is 13.2. The molecule has 0 aliphatic heterocycles. The Morgan fingerprint density at radius 1 is 1.19 bits per heavy atom. The van der Waals surface area contributed by atoms with Crippen LogP contribution in [0.25, 0.3) is 33.4 Å². The minimum atomic E-state index is -1.07. The zero-order valence-electron chi connectivity index (χ0n) is 17.8. The highest BCUT2D eigenvalue weighted by atomic mass is 35.5. The number of aliphatic carboxylic acids is 1. The van der Waals surface area contributed by atoms with Crippen molar-refractivity contribution in [2.24, 2.45) is 0 Å². The first-order chi connectivity index (χ1) is 15.5. The number of carboxylic acid groups (broad SMARTS) is 1. The van der Waals surface area contributed by atoms with Gasteiger partial charge >= 0.3 is 5.97 Å². The zero-order valence-corrected chi connectivity index (χ0v) is 19.4. The summed E-state index contributed by atoms with van der Waals surface area (Å²) in [5.41, 5.74) is 7.28. The molecule has 1 unspecified atom stereocenters. The predicted octanol–water partition coefficient (Wildman–Crippen LogP) is 6.93. The van der Waals surface area contributed by atoms with Crippen molar-refractivity contribution >= 4 is 39.8 Å². The van der Waals surface area contributed by atoms with Crippen LogP contribution in [0.2, 0.25) is 5.02 Å². The number of hydrogen-bond donors (Lipinski definition) is 1. The number of benzene rings is 2. The van der Waals surface area contributed by atoms with E-state index in [1.54, 1.807) is 17.6 Å². The number of rotatable bonds is 8. The van der Waals surface area contributed by atoms with Gasteiger partial charge in [0.25, 0.3) is 0 Å². The normalized spacial score (nSPS) is 12.2. The number of aryl methyl sites for hydroxylation is 1. The highest BCUT2D eigenvalue weighted by Crippen LogP contribution is 2.40. The van der Waals surface area contributed by atoms with Crippen LogP contribution in [0.3, 0.4) is 0 Å². The molecule has 0 spiro atoms. The molecule has 2 aromatic carbocycles.